The van der Waals surface area contributed by atoms with E-state index in [9.17, 15) is 0 Å². The number of hydrogen-bond donors (Lipinski definition) is 1. The second-order valence-corrected chi connectivity index (χ2v) is 4.81. The molecule has 19 heavy (non-hydrogen) atoms. The van der Waals surface area contributed by atoms with Crippen molar-refractivity contribution in [2.75, 3.05) is 23.3 Å². The maximum absolute atomic E-state index is 5.32. The zero-order chi connectivity index (χ0) is 13.1. The topological polar surface area (TPSA) is 54.2 Å². The van der Waals surface area contributed by atoms with Crippen molar-refractivity contribution in [3.8, 4) is 0 Å². The van der Waals surface area contributed by atoms with Crippen molar-refractivity contribution < 1.29 is 4.42 Å². The van der Waals surface area contributed by atoms with E-state index in [0.29, 0.717) is 18.3 Å². The van der Waals surface area contributed by atoms with E-state index in [1.54, 1.807) is 6.92 Å². The number of benzene rings is 1. The maximum Gasteiger partial charge on any atom is 0.235 e. The van der Waals surface area contributed by atoms with Crippen molar-refractivity contribution in [2.24, 2.45) is 0 Å². The Kier molecular flexibility index (Phi) is 3.35. The molecule has 0 saturated carbocycles. The second kappa shape index (κ2) is 5.30. The summed E-state index contributed by atoms with van der Waals surface area (Å²) in [5.74, 6) is 1.21. The predicted octanol–water partition coefficient (Wildman–Crippen LogP) is 2.59. The Bertz CT molecular complexity index is 529. The van der Waals surface area contributed by atoms with Gasteiger partial charge in [0.15, 0.2) is 0 Å². The molecule has 0 atom stereocenters. The van der Waals surface area contributed by atoms with Gasteiger partial charge >= 0.3 is 0 Å². The zero-order valence-corrected chi connectivity index (χ0v) is 11.1. The molecule has 3 rings (SSSR count). The van der Waals surface area contributed by atoms with Gasteiger partial charge in [-0.05, 0) is 37.1 Å². The third-order valence-electron chi connectivity index (χ3n) is 3.35. The number of nitrogens with zero attached hydrogens (tertiary/aromatic N) is 3. The molecular formula is C14H18N4O. The molecule has 100 valence electrons. The van der Waals surface area contributed by atoms with E-state index in [1.165, 1.54) is 31.6 Å². The Morgan fingerprint density at radius 3 is 2.53 bits per heavy atom. The summed E-state index contributed by atoms with van der Waals surface area (Å²) < 4.78 is 5.32. The second-order valence-electron chi connectivity index (χ2n) is 4.81. The smallest absolute Gasteiger partial charge is 0.235 e. The van der Waals surface area contributed by atoms with Crippen LogP contribution in [0.15, 0.2) is 28.7 Å². The first kappa shape index (κ1) is 12.0. The quantitative estimate of drug-likeness (QED) is 0.913. The minimum Gasteiger partial charge on any atom is -0.424 e. The van der Waals surface area contributed by atoms with Crippen LogP contribution in [0.1, 0.15) is 24.6 Å². The molecule has 1 saturated heterocycles. The first-order valence-electron chi connectivity index (χ1n) is 6.69. The number of anilines is 2. The van der Waals surface area contributed by atoms with Crippen LogP contribution >= 0.6 is 0 Å². The van der Waals surface area contributed by atoms with Gasteiger partial charge in [-0.1, -0.05) is 0 Å². The molecule has 1 aromatic heterocycles. The molecule has 0 amide bonds. The summed E-state index contributed by atoms with van der Waals surface area (Å²) in [6.07, 6.45) is 2.60. The first-order chi connectivity index (χ1) is 9.31. The highest BCUT2D eigenvalue weighted by molar-refractivity contribution is 5.55. The Morgan fingerprint density at radius 2 is 1.89 bits per heavy atom. The van der Waals surface area contributed by atoms with Crippen LogP contribution in [0.2, 0.25) is 0 Å². The molecule has 5 nitrogen and oxygen atoms in total. The highest BCUT2D eigenvalue weighted by Crippen LogP contribution is 2.22. The maximum atomic E-state index is 5.32. The van der Waals surface area contributed by atoms with Crippen LogP contribution in [0.3, 0.4) is 0 Å². The molecular weight excluding hydrogens is 240 g/mol. The van der Waals surface area contributed by atoms with Crippen LogP contribution in [0, 0.1) is 6.92 Å². The van der Waals surface area contributed by atoms with E-state index >= 15 is 0 Å². The van der Waals surface area contributed by atoms with Gasteiger partial charge in [0, 0.05) is 31.4 Å². The number of hydrogen-bond acceptors (Lipinski definition) is 5. The average Bonchev–Trinajstić information content (AvgIpc) is 3.08. The Hall–Kier alpha value is -2.04. The van der Waals surface area contributed by atoms with Crippen molar-refractivity contribution in [1.29, 1.82) is 0 Å². The lowest BCUT2D eigenvalue weighted by Crippen LogP contribution is -2.17. The lowest BCUT2D eigenvalue weighted by Gasteiger charge is -2.17. The molecule has 0 bridgehead atoms. The van der Waals surface area contributed by atoms with Crippen molar-refractivity contribution in [3.05, 3.63) is 36.0 Å². The van der Waals surface area contributed by atoms with E-state index in [4.69, 9.17) is 4.42 Å². The molecule has 1 fully saturated rings. The number of aromatic nitrogens is 2. The van der Waals surface area contributed by atoms with E-state index in [-0.39, 0.29) is 0 Å². The fraction of sp³-hybridized carbons (Fsp3) is 0.429. The molecule has 0 radical (unpaired) electrons. The summed E-state index contributed by atoms with van der Waals surface area (Å²) in [5, 5.41) is 11.0. The van der Waals surface area contributed by atoms with Crippen LogP contribution in [-0.4, -0.2) is 23.3 Å². The SMILES string of the molecule is Cc1nnc(CNc2ccc(N3CCCC3)cc2)o1. The molecule has 5 heteroatoms. The summed E-state index contributed by atoms with van der Waals surface area (Å²) >= 11 is 0. The van der Waals surface area contributed by atoms with E-state index in [0.717, 1.165) is 5.69 Å². The summed E-state index contributed by atoms with van der Waals surface area (Å²) in [5.41, 5.74) is 2.37. The van der Waals surface area contributed by atoms with Gasteiger partial charge < -0.3 is 14.6 Å². The summed E-state index contributed by atoms with van der Waals surface area (Å²) in [6.45, 7) is 4.70. The van der Waals surface area contributed by atoms with Crippen molar-refractivity contribution >= 4 is 11.4 Å². The summed E-state index contributed by atoms with van der Waals surface area (Å²) in [6, 6.07) is 8.51. The van der Waals surface area contributed by atoms with Crippen LogP contribution in [0.5, 0.6) is 0 Å². The van der Waals surface area contributed by atoms with Gasteiger partial charge in [0.25, 0.3) is 0 Å². The van der Waals surface area contributed by atoms with Gasteiger partial charge in [-0.3, -0.25) is 0 Å². The predicted molar refractivity (Wildman–Crippen MR) is 74.3 cm³/mol. The van der Waals surface area contributed by atoms with Crippen LogP contribution in [-0.2, 0) is 6.54 Å². The Labute approximate surface area is 112 Å². The van der Waals surface area contributed by atoms with Gasteiger partial charge in [-0.2, -0.15) is 0 Å². The van der Waals surface area contributed by atoms with Gasteiger partial charge in [-0.15, -0.1) is 10.2 Å². The standard InChI is InChI=1S/C14H18N4O/c1-11-16-17-14(19-11)10-15-12-4-6-13(7-5-12)18-8-2-3-9-18/h4-7,15H,2-3,8-10H2,1H3. The minimum absolute atomic E-state index is 0.559. The van der Waals surface area contributed by atoms with Gasteiger partial charge in [-0.25, -0.2) is 0 Å². The molecule has 1 N–H and O–H groups in total. The van der Waals surface area contributed by atoms with Crippen LogP contribution < -0.4 is 10.2 Å². The third kappa shape index (κ3) is 2.86. The largest absolute Gasteiger partial charge is 0.424 e. The van der Waals surface area contributed by atoms with Crippen LogP contribution in [0.4, 0.5) is 11.4 Å². The fourth-order valence-electron chi connectivity index (χ4n) is 2.35. The van der Waals surface area contributed by atoms with E-state index in [1.807, 2.05) is 0 Å². The molecule has 0 aliphatic carbocycles. The lowest BCUT2D eigenvalue weighted by atomic mass is 10.2. The normalized spacial score (nSPS) is 14.9. The minimum atomic E-state index is 0.559. The molecule has 2 heterocycles. The van der Waals surface area contributed by atoms with Crippen molar-refractivity contribution in [3.63, 3.8) is 0 Å². The molecule has 0 unspecified atom stereocenters. The Balaban J connectivity index is 1.59. The lowest BCUT2D eigenvalue weighted by molar-refractivity contribution is 0.475. The Morgan fingerprint density at radius 1 is 1.16 bits per heavy atom. The number of nitrogens with one attached hydrogen (secondary N) is 1. The van der Waals surface area contributed by atoms with Crippen molar-refractivity contribution in [2.45, 2.75) is 26.3 Å². The highest BCUT2D eigenvalue weighted by Gasteiger charge is 2.11. The van der Waals surface area contributed by atoms with Gasteiger partial charge in [0.2, 0.25) is 11.8 Å². The molecule has 2 aromatic rings. The molecule has 1 aromatic carbocycles. The van der Waals surface area contributed by atoms with Gasteiger partial charge in [0.1, 0.15) is 0 Å². The zero-order valence-electron chi connectivity index (χ0n) is 11.1. The number of rotatable bonds is 4. The molecule has 0 spiro atoms. The fourth-order valence-corrected chi connectivity index (χ4v) is 2.35. The molecule has 1 aliphatic heterocycles. The summed E-state index contributed by atoms with van der Waals surface area (Å²) in [7, 11) is 0. The number of aryl methyl sites for hydroxylation is 1. The van der Waals surface area contributed by atoms with E-state index < -0.39 is 0 Å². The molecule has 1 aliphatic rings. The highest BCUT2D eigenvalue weighted by atomic mass is 16.4. The van der Waals surface area contributed by atoms with Crippen LogP contribution in [0.25, 0.3) is 0 Å². The first-order valence-corrected chi connectivity index (χ1v) is 6.69. The average molecular weight is 258 g/mol. The van der Waals surface area contributed by atoms with E-state index in [2.05, 4.69) is 44.7 Å². The van der Waals surface area contributed by atoms with Gasteiger partial charge in [0.05, 0.1) is 6.54 Å². The monoisotopic (exact) mass is 258 g/mol. The summed E-state index contributed by atoms with van der Waals surface area (Å²) in [4.78, 5) is 2.42. The van der Waals surface area contributed by atoms with Crippen molar-refractivity contribution in [1.82, 2.24) is 10.2 Å². The third-order valence-corrected chi connectivity index (χ3v) is 3.35.